The standard InChI is InChI=1S/C20H24ClFN2O3.C7H6N4O/c1-20(2,3)27-19(26)24(9-8-22)12-13-4-5-14-6-7-17(21)16(11-18(23)25)15(14)10-13;12-5(6-8-1-2-9-6)7-10-3-4-11-7/h4-7,10H,8-9,11-12H2,1-3H3,(H2,23,25);1-4H,(H,8,9)(H,10,11). The molecule has 0 radical (unpaired) electrons. The lowest BCUT2D eigenvalue weighted by Gasteiger charge is -2.27. The first kappa shape index (κ1) is 29.3. The first-order valence-electron chi connectivity index (χ1n) is 12.0. The van der Waals surface area contributed by atoms with Crippen molar-refractivity contribution in [3.05, 3.63) is 82.9 Å². The highest BCUT2D eigenvalue weighted by Crippen LogP contribution is 2.28. The highest BCUT2D eigenvalue weighted by molar-refractivity contribution is 6.32. The van der Waals surface area contributed by atoms with Crippen LogP contribution in [0.4, 0.5) is 9.18 Å². The van der Waals surface area contributed by atoms with Gasteiger partial charge in [0.15, 0.2) is 11.6 Å². The number of aromatic amines is 2. The van der Waals surface area contributed by atoms with Crippen molar-refractivity contribution in [3.8, 4) is 0 Å². The fourth-order valence-electron chi connectivity index (χ4n) is 3.63. The van der Waals surface area contributed by atoms with Crippen molar-refractivity contribution >= 4 is 40.2 Å². The van der Waals surface area contributed by atoms with Gasteiger partial charge in [-0.25, -0.2) is 19.2 Å². The fraction of sp³-hybridized carbons (Fsp3) is 0.296. The van der Waals surface area contributed by atoms with E-state index < -0.39 is 24.3 Å². The van der Waals surface area contributed by atoms with E-state index in [0.29, 0.717) is 22.2 Å². The van der Waals surface area contributed by atoms with Crippen LogP contribution in [0.3, 0.4) is 0 Å². The number of nitrogens with two attached hydrogens (primary N) is 1. The molecule has 0 bridgehead atoms. The van der Waals surface area contributed by atoms with Gasteiger partial charge in [-0.05, 0) is 54.8 Å². The van der Waals surface area contributed by atoms with Gasteiger partial charge in [-0.1, -0.05) is 29.8 Å². The first-order chi connectivity index (χ1) is 18.5. The molecular weight excluding hydrogens is 527 g/mol. The zero-order valence-electron chi connectivity index (χ0n) is 21.8. The van der Waals surface area contributed by atoms with Crippen molar-refractivity contribution in [2.45, 2.75) is 39.3 Å². The van der Waals surface area contributed by atoms with Gasteiger partial charge in [0.05, 0.1) is 13.0 Å². The lowest BCUT2D eigenvalue weighted by molar-refractivity contribution is -0.117. The molecule has 0 aliphatic heterocycles. The van der Waals surface area contributed by atoms with E-state index in [2.05, 4.69) is 19.9 Å². The van der Waals surface area contributed by atoms with Crippen molar-refractivity contribution in [1.82, 2.24) is 24.8 Å². The Hall–Kier alpha value is -4.25. The maximum Gasteiger partial charge on any atom is 0.410 e. The molecule has 0 spiro atoms. The molecule has 0 fully saturated rings. The summed E-state index contributed by atoms with van der Waals surface area (Å²) in [5, 5.41) is 2.13. The van der Waals surface area contributed by atoms with Crippen molar-refractivity contribution in [3.63, 3.8) is 0 Å². The molecule has 2 amide bonds. The Morgan fingerprint density at radius 2 is 1.67 bits per heavy atom. The molecule has 2 aromatic carbocycles. The van der Waals surface area contributed by atoms with E-state index in [1.54, 1.807) is 39.2 Å². The summed E-state index contributed by atoms with van der Waals surface area (Å²) < 4.78 is 18.3. The zero-order chi connectivity index (χ0) is 28.6. The summed E-state index contributed by atoms with van der Waals surface area (Å²) in [6.45, 7) is 4.70. The third kappa shape index (κ3) is 8.37. The second-order valence-corrected chi connectivity index (χ2v) is 9.93. The Balaban J connectivity index is 0.000000289. The number of fused-ring (bicyclic) bond motifs is 1. The first-order valence-corrected chi connectivity index (χ1v) is 12.4. The summed E-state index contributed by atoms with van der Waals surface area (Å²) in [4.78, 5) is 49.4. The van der Waals surface area contributed by atoms with Crippen molar-refractivity contribution in [1.29, 1.82) is 0 Å². The number of aromatic nitrogens is 4. The Labute approximate surface area is 229 Å². The number of halogens is 2. The second kappa shape index (κ2) is 13.0. The van der Waals surface area contributed by atoms with E-state index >= 15 is 0 Å². The zero-order valence-corrected chi connectivity index (χ0v) is 22.6. The number of alkyl halides is 1. The number of primary amides is 1. The van der Waals surface area contributed by atoms with Gasteiger partial charge >= 0.3 is 6.09 Å². The van der Waals surface area contributed by atoms with E-state index in [-0.39, 0.29) is 25.3 Å². The highest BCUT2D eigenvalue weighted by atomic mass is 35.5. The van der Waals surface area contributed by atoms with Crippen LogP contribution < -0.4 is 5.73 Å². The number of H-pyrrole nitrogens is 2. The lowest BCUT2D eigenvalue weighted by Crippen LogP contribution is -2.37. The molecule has 4 rings (SSSR count). The van der Waals surface area contributed by atoms with Crippen LogP contribution in [0.1, 0.15) is 48.3 Å². The average Bonchev–Trinajstić information content (AvgIpc) is 3.59. The van der Waals surface area contributed by atoms with Crippen LogP contribution in [-0.4, -0.2) is 61.4 Å². The molecule has 0 atom stereocenters. The van der Waals surface area contributed by atoms with E-state index in [4.69, 9.17) is 22.1 Å². The van der Waals surface area contributed by atoms with Gasteiger partial charge in [-0.15, -0.1) is 0 Å². The van der Waals surface area contributed by atoms with Gasteiger partial charge in [0.2, 0.25) is 5.91 Å². The molecule has 2 aromatic heterocycles. The van der Waals surface area contributed by atoms with Crippen molar-refractivity contribution in [2.75, 3.05) is 13.2 Å². The Bertz CT molecular complexity index is 1380. The number of benzene rings is 2. The molecule has 4 aromatic rings. The number of hydrogen-bond acceptors (Lipinski definition) is 6. The number of hydrogen-bond donors (Lipinski definition) is 3. The summed E-state index contributed by atoms with van der Waals surface area (Å²) in [6, 6.07) is 9.13. The van der Waals surface area contributed by atoms with Crippen LogP contribution in [0, 0.1) is 0 Å². The molecule has 10 nitrogen and oxygen atoms in total. The Morgan fingerprint density at radius 1 is 1.05 bits per heavy atom. The monoisotopic (exact) mass is 556 g/mol. The molecule has 2 heterocycles. The third-order valence-electron chi connectivity index (χ3n) is 5.30. The summed E-state index contributed by atoms with van der Waals surface area (Å²) in [6.07, 6.45) is 5.67. The molecule has 0 aliphatic carbocycles. The highest BCUT2D eigenvalue weighted by Gasteiger charge is 2.22. The molecule has 12 heteroatoms. The van der Waals surface area contributed by atoms with Crippen LogP contribution >= 0.6 is 11.6 Å². The largest absolute Gasteiger partial charge is 0.444 e. The molecule has 0 saturated carbocycles. The van der Waals surface area contributed by atoms with Crippen LogP contribution in [0.5, 0.6) is 0 Å². The number of nitrogens with zero attached hydrogens (tertiary/aromatic N) is 3. The Morgan fingerprint density at radius 3 is 2.18 bits per heavy atom. The predicted octanol–water partition coefficient (Wildman–Crippen LogP) is 4.59. The average molecular weight is 557 g/mol. The smallest absolute Gasteiger partial charge is 0.410 e. The van der Waals surface area contributed by atoms with E-state index in [0.717, 1.165) is 16.3 Å². The SMILES string of the molecule is CC(C)(C)OC(=O)N(CCF)Cc1ccc2ccc(Cl)c(CC(N)=O)c2c1.O=C(c1ncc[nH]1)c1ncc[nH]1. The van der Waals surface area contributed by atoms with Crippen molar-refractivity contribution in [2.24, 2.45) is 5.73 Å². The molecule has 4 N–H and O–H groups in total. The Kier molecular flexibility index (Phi) is 9.78. The number of ether oxygens (including phenoxy) is 1. The van der Waals surface area contributed by atoms with Gasteiger partial charge in [-0.2, -0.15) is 0 Å². The van der Waals surface area contributed by atoms with Gasteiger partial charge in [0.25, 0.3) is 5.78 Å². The number of carbonyl (C=O) groups is 3. The number of amides is 2. The normalized spacial score (nSPS) is 11.0. The topological polar surface area (TPSA) is 147 Å². The molecule has 0 saturated heterocycles. The van der Waals surface area contributed by atoms with Crippen LogP contribution in [0.25, 0.3) is 10.8 Å². The minimum absolute atomic E-state index is 0.0138. The maximum atomic E-state index is 12.9. The summed E-state index contributed by atoms with van der Waals surface area (Å²) in [5.74, 6) is -0.123. The predicted molar refractivity (Wildman–Crippen MR) is 145 cm³/mol. The number of ketones is 1. The van der Waals surface area contributed by atoms with E-state index in [1.807, 2.05) is 24.3 Å². The minimum Gasteiger partial charge on any atom is -0.444 e. The fourth-order valence-corrected chi connectivity index (χ4v) is 3.86. The molecule has 39 heavy (non-hydrogen) atoms. The van der Waals surface area contributed by atoms with Crippen LogP contribution in [-0.2, 0) is 22.5 Å². The number of imidazole rings is 2. The number of nitrogens with one attached hydrogen (secondary N) is 2. The van der Waals surface area contributed by atoms with Crippen LogP contribution in [0.2, 0.25) is 5.02 Å². The van der Waals surface area contributed by atoms with Crippen molar-refractivity contribution < 1.29 is 23.5 Å². The van der Waals surface area contributed by atoms with Gasteiger partial charge in [0, 0.05) is 36.4 Å². The summed E-state index contributed by atoms with van der Waals surface area (Å²) in [7, 11) is 0. The van der Waals surface area contributed by atoms with Gasteiger partial charge in [-0.3, -0.25) is 9.59 Å². The lowest BCUT2D eigenvalue weighted by atomic mass is 9.99. The summed E-state index contributed by atoms with van der Waals surface area (Å²) >= 11 is 6.24. The van der Waals surface area contributed by atoms with E-state index in [9.17, 15) is 18.8 Å². The minimum atomic E-state index is -0.675. The van der Waals surface area contributed by atoms with E-state index in [1.165, 1.54) is 17.3 Å². The third-order valence-corrected chi connectivity index (χ3v) is 5.65. The second-order valence-electron chi connectivity index (χ2n) is 9.52. The molecular formula is C27H30ClFN6O4. The quantitative estimate of drug-likeness (QED) is 0.270. The number of carbonyl (C=O) groups excluding carboxylic acids is 3. The molecule has 0 aliphatic rings. The molecule has 0 unspecified atom stereocenters. The number of rotatable bonds is 8. The van der Waals surface area contributed by atoms with Crippen LogP contribution in [0.15, 0.2) is 55.1 Å². The van der Waals surface area contributed by atoms with Gasteiger partial charge < -0.3 is 25.3 Å². The maximum absolute atomic E-state index is 12.9. The molecule has 206 valence electrons. The summed E-state index contributed by atoms with van der Waals surface area (Å²) in [5.41, 5.74) is 6.07. The van der Waals surface area contributed by atoms with Gasteiger partial charge in [0.1, 0.15) is 12.3 Å².